The van der Waals surface area contributed by atoms with Crippen molar-refractivity contribution in [2.45, 2.75) is 46.4 Å². The molecule has 12 nitrogen and oxygen atoms in total. The number of carbonyl (C=O) groups is 2. The summed E-state index contributed by atoms with van der Waals surface area (Å²) in [6.45, 7) is 5.01. The van der Waals surface area contributed by atoms with Crippen LogP contribution in [0.1, 0.15) is 39.2 Å². The van der Waals surface area contributed by atoms with Gasteiger partial charge in [-0.1, -0.05) is 25.5 Å². The van der Waals surface area contributed by atoms with Gasteiger partial charge in [-0.25, -0.2) is 0 Å². The van der Waals surface area contributed by atoms with Gasteiger partial charge in [-0.15, -0.1) is 17.0 Å². The van der Waals surface area contributed by atoms with Crippen LogP contribution in [0.3, 0.4) is 0 Å². The van der Waals surface area contributed by atoms with E-state index in [9.17, 15) is 24.5 Å². The van der Waals surface area contributed by atoms with Gasteiger partial charge < -0.3 is 14.5 Å². The molecule has 1 aromatic heterocycles. The Morgan fingerprint density at radius 2 is 1.97 bits per heavy atom. The molecule has 13 heteroatoms. The molecular weight excluding hydrogens is 500 g/mol. The number of nitro benzene ring substituents is 1. The molecule has 0 spiro atoms. The molecule has 0 aliphatic carbocycles. The Balaban J connectivity index is 0.00000385. The summed E-state index contributed by atoms with van der Waals surface area (Å²) in [7, 11) is 0. The Bertz CT molecular complexity index is 1090. The van der Waals surface area contributed by atoms with Crippen molar-refractivity contribution in [3.63, 3.8) is 0 Å². The molecule has 2 heterocycles. The molecule has 1 aliphatic heterocycles. The van der Waals surface area contributed by atoms with Crippen molar-refractivity contribution in [2.24, 2.45) is 0 Å². The molecule has 1 amide bonds. The van der Waals surface area contributed by atoms with Crippen LogP contribution in [-0.2, 0) is 20.9 Å². The number of aromatic amines is 1. The summed E-state index contributed by atoms with van der Waals surface area (Å²) in [4.78, 5) is 56.8. The molecular formula is C20H25BrN6O6. The third kappa shape index (κ3) is 6.06. The van der Waals surface area contributed by atoms with E-state index in [1.807, 2.05) is 6.92 Å². The Hall–Kier alpha value is -3.48. The maximum atomic E-state index is 12.9. The molecule has 0 fully saturated rings. The average molecular weight is 525 g/mol. The molecule has 1 unspecified atom stereocenters. The Morgan fingerprint density at radius 3 is 2.52 bits per heavy atom. The van der Waals surface area contributed by atoms with Gasteiger partial charge in [0.05, 0.1) is 11.6 Å². The summed E-state index contributed by atoms with van der Waals surface area (Å²) >= 11 is 0. The Labute approximate surface area is 199 Å². The minimum Gasteiger partial charge on any atom is -0.442 e. The first-order valence-electron chi connectivity index (χ1n) is 10.0. The van der Waals surface area contributed by atoms with Crippen molar-refractivity contribution in [3.8, 4) is 0 Å². The van der Waals surface area contributed by atoms with Gasteiger partial charge >= 0.3 is 5.97 Å². The SMILES string of the molecule is Br.CCCC(OC(C)=O)N1CN(Cc2ccc([N+](=O)[O-])cc2)c2c1nc(NC(C)=O)[nH]c2=O. The predicted octanol–water partition coefficient (Wildman–Crippen LogP) is 2.69. The van der Waals surface area contributed by atoms with Crippen LogP contribution >= 0.6 is 17.0 Å². The fourth-order valence-corrected chi connectivity index (χ4v) is 3.50. The zero-order valence-corrected chi connectivity index (χ0v) is 20.1. The fourth-order valence-electron chi connectivity index (χ4n) is 3.50. The second-order valence-electron chi connectivity index (χ2n) is 7.35. The normalized spacial score (nSPS) is 13.1. The highest BCUT2D eigenvalue weighted by atomic mass is 79.9. The minimum absolute atomic E-state index is 0. The highest BCUT2D eigenvalue weighted by Crippen LogP contribution is 2.35. The number of aromatic nitrogens is 2. The zero-order valence-electron chi connectivity index (χ0n) is 18.4. The second-order valence-corrected chi connectivity index (χ2v) is 7.35. The van der Waals surface area contributed by atoms with E-state index in [2.05, 4.69) is 15.3 Å². The summed E-state index contributed by atoms with van der Waals surface area (Å²) in [6, 6.07) is 6.02. The third-order valence-electron chi connectivity index (χ3n) is 4.79. The third-order valence-corrected chi connectivity index (χ3v) is 4.79. The molecule has 0 bridgehead atoms. The lowest BCUT2D eigenvalue weighted by Crippen LogP contribution is -2.41. The molecule has 0 saturated heterocycles. The van der Waals surface area contributed by atoms with E-state index in [0.717, 1.165) is 5.56 Å². The van der Waals surface area contributed by atoms with Gasteiger partial charge in [0.1, 0.15) is 5.69 Å². The number of esters is 1. The van der Waals surface area contributed by atoms with E-state index in [0.29, 0.717) is 12.8 Å². The Morgan fingerprint density at radius 1 is 1.30 bits per heavy atom. The van der Waals surface area contributed by atoms with E-state index >= 15 is 0 Å². The van der Waals surface area contributed by atoms with Gasteiger partial charge in [-0.3, -0.25) is 34.8 Å². The lowest BCUT2D eigenvalue weighted by Gasteiger charge is -2.29. The lowest BCUT2D eigenvalue weighted by atomic mass is 10.2. The summed E-state index contributed by atoms with van der Waals surface area (Å²) < 4.78 is 5.48. The van der Waals surface area contributed by atoms with Crippen molar-refractivity contribution in [3.05, 3.63) is 50.3 Å². The van der Waals surface area contributed by atoms with E-state index in [-0.39, 0.29) is 53.3 Å². The number of nitrogens with zero attached hydrogens (tertiary/aromatic N) is 4. The smallest absolute Gasteiger partial charge is 0.304 e. The predicted molar refractivity (Wildman–Crippen MR) is 127 cm³/mol. The van der Waals surface area contributed by atoms with Crippen molar-refractivity contribution in [1.29, 1.82) is 0 Å². The van der Waals surface area contributed by atoms with Crippen molar-refractivity contribution >= 4 is 52.0 Å². The van der Waals surface area contributed by atoms with Crippen LogP contribution in [0, 0.1) is 10.1 Å². The monoisotopic (exact) mass is 524 g/mol. The number of H-pyrrole nitrogens is 1. The number of ether oxygens (including phenoxy) is 1. The minimum atomic E-state index is -0.655. The van der Waals surface area contributed by atoms with Gasteiger partial charge in [0.15, 0.2) is 12.0 Å². The number of hydrogen-bond acceptors (Lipinski definition) is 9. The number of amides is 1. The molecule has 2 aromatic rings. The highest BCUT2D eigenvalue weighted by Gasteiger charge is 2.36. The van der Waals surface area contributed by atoms with Crippen LogP contribution in [-0.4, -0.2) is 39.7 Å². The first kappa shape index (κ1) is 25.8. The number of non-ortho nitro benzene ring substituents is 1. The number of carbonyl (C=O) groups excluding carboxylic acids is 2. The van der Waals surface area contributed by atoms with E-state index in [4.69, 9.17) is 4.74 Å². The molecule has 178 valence electrons. The molecule has 1 aromatic carbocycles. The van der Waals surface area contributed by atoms with E-state index in [1.165, 1.54) is 26.0 Å². The maximum absolute atomic E-state index is 12.9. The summed E-state index contributed by atoms with van der Waals surface area (Å²) in [5.41, 5.74) is 0.495. The van der Waals surface area contributed by atoms with E-state index < -0.39 is 28.6 Å². The first-order chi connectivity index (χ1) is 15.2. The number of nitro groups is 1. The molecule has 3 rings (SSSR count). The summed E-state index contributed by atoms with van der Waals surface area (Å²) in [6.07, 6.45) is 0.569. The van der Waals surface area contributed by atoms with Gasteiger partial charge in [0, 0.05) is 38.9 Å². The highest BCUT2D eigenvalue weighted by molar-refractivity contribution is 8.93. The van der Waals surface area contributed by atoms with Gasteiger partial charge in [0.25, 0.3) is 11.2 Å². The van der Waals surface area contributed by atoms with Crippen LogP contribution in [0.5, 0.6) is 0 Å². The topological polar surface area (TPSA) is 151 Å². The van der Waals surface area contributed by atoms with Crippen LogP contribution < -0.4 is 20.7 Å². The first-order valence-corrected chi connectivity index (χ1v) is 10.0. The van der Waals surface area contributed by atoms with Crippen molar-refractivity contribution in [1.82, 2.24) is 9.97 Å². The second kappa shape index (κ2) is 10.9. The number of anilines is 3. The van der Waals surface area contributed by atoms with Crippen LogP contribution in [0.2, 0.25) is 0 Å². The average Bonchev–Trinajstić information content (AvgIpc) is 3.06. The van der Waals surface area contributed by atoms with Gasteiger partial charge in [-0.05, 0) is 5.56 Å². The number of hydrogen-bond donors (Lipinski definition) is 2. The fraction of sp³-hybridized carbons (Fsp3) is 0.400. The van der Waals surface area contributed by atoms with Crippen molar-refractivity contribution < 1.29 is 19.2 Å². The number of fused-ring (bicyclic) bond motifs is 1. The molecule has 0 radical (unpaired) electrons. The summed E-state index contributed by atoms with van der Waals surface area (Å²) in [5.74, 6) is -0.600. The number of rotatable bonds is 8. The maximum Gasteiger partial charge on any atom is 0.304 e. The number of benzene rings is 1. The van der Waals surface area contributed by atoms with Crippen molar-refractivity contribution in [2.75, 3.05) is 21.8 Å². The van der Waals surface area contributed by atoms with E-state index in [1.54, 1.807) is 21.9 Å². The number of halogens is 1. The summed E-state index contributed by atoms with van der Waals surface area (Å²) in [5, 5.41) is 13.4. The van der Waals surface area contributed by atoms with Gasteiger partial charge in [0.2, 0.25) is 11.9 Å². The van der Waals surface area contributed by atoms with Crippen LogP contribution in [0.4, 0.5) is 23.1 Å². The van der Waals surface area contributed by atoms with Crippen LogP contribution in [0.25, 0.3) is 0 Å². The Kier molecular flexibility index (Phi) is 8.51. The quantitative estimate of drug-likeness (QED) is 0.301. The molecule has 1 aliphatic rings. The van der Waals surface area contributed by atoms with Gasteiger partial charge in [-0.2, -0.15) is 4.98 Å². The van der Waals surface area contributed by atoms with Crippen LogP contribution in [0.15, 0.2) is 29.1 Å². The molecule has 1 atom stereocenters. The zero-order chi connectivity index (χ0) is 23.4. The largest absolute Gasteiger partial charge is 0.442 e. The lowest BCUT2D eigenvalue weighted by molar-refractivity contribution is -0.384. The standard InChI is InChI=1S/C20H24N6O6.BrH/c1-4-5-16(32-13(3)28)25-11-24(10-14-6-8-15(9-7-14)26(30)31)17-18(25)22-20(21-12(2)27)23-19(17)29;/h6-9,16H,4-5,10-11H2,1-3H3,(H2,21,22,23,27,29);1H. The molecule has 2 N–H and O–H groups in total. The number of nitrogens with one attached hydrogen (secondary N) is 2. The molecule has 0 saturated carbocycles. The molecule has 33 heavy (non-hydrogen) atoms.